The number of anilines is 1. The molecule has 0 aromatic heterocycles. The predicted molar refractivity (Wildman–Crippen MR) is 68.1 cm³/mol. The predicted octanol–water partition coefficient (Wildman–Crippen LogP) is 1.66. The molecule has 3 nitrogen and oxygen atoms in total. The van der Waals surface area contributed by atoms with E-state index in [-0.39, 0.29) is 5.91 Å². The fourth-order valence-electron chi connectivity index (χ4n) is 2.89. The lowest BCUT2D eigenvalue weighted by Crippen LogP contribution is -2.72. The van der Waals surface area contributed by atoms with Gasteiger partial charge in [-0.2, -0.15) is 0 Å². The van der Waals surface area contributed by atoms with Gasteiger partial charge >= 0.3 is 0 Å². The molecule has 0 radical (unpaired) electrons. The molecule has 1 aromatic carbocycles. The molecule has 0 aliphatic carbocycles. The maximum Gasteiger partial charge on any atom is 0.219 e. The zero-order valence-corrected chi connectivity index (χ0v) is 10.4. The molecule has 0 bridgehead atoms. The minimum atomic E-state index is 0.212. The van der Waals surface area contributed by atoms with Crippen molar-refractivity contribution in [1.82, 2.24) is 4.90 Å². The average Bonchev–Trinajstić information content (AvgIpc) is 2.15. The number of hydrogen-bond acceptors (Lipinski definition) is 2. The Bertz CT molecular complexity index is 438. The van der Waals surface area contributed by atoms with Crippen molar-refractivity contribution in [2.24, 2.45) is 5.41 Å². The third-order valence-electron chi connectivity index (χ3n) is 3.95. The molecule has 2 aliphatic rings. The first-order valence-corrected chi connectivity index (χ1v) is 6.15. The summed E-state index contributed by atoms with van der Waals surface area (Å²) in [7, 11) is 0. The van der Waals surface area contributed by atoms with Gasteiger partial charge in [-0.3, -0.25) is 4.79 Å². The molecule has 0 unspecified atom stereocenters. The van der Waals surface area contributed by atoms with E-state index < -0.39 is 0 Å². The summed E-state index contributed by atoms with van der Waals surface area (Å²) >= 11 is 0. The van der Waals surface area contributed by atoms with Crippen molar-refractivity contribution < 1.29 is 4.79 Å². The standard InChI is InChI=1S/C14H18N2O/c1-11-3-5-13(6-4-11)16-9-14(10-16)7-15(8-14)12(2)17/h3-6H,7-10H2,1-2H3. The zero-order chi connectivity index (χ0) is 12.0. The number of nitrogens with zero attached hydrogens (tertiary/aromatic N) is 2. The highest BCUT2D eigenvalue weighted by Gasteiger charge is 2.52. The van der Waals surface area contributed by atoms with E-state index in [9.17, 15) is 4.79 Å². The van der Waals surface area contributed by atoms with E-state index >= 15 is 0 Å². The van der Waals surface area contributed by atoms with Gasteiger partial charge < -0.3 is 9.80 Å². The maximum atomic E-state index is 11.2. The summed E-state index contributed by atoms with van der Waals surface area (Å²) < 4.78 is 0. The lowest BCUT2D eigenvalue weighted by atomic mass is 9.72. The molecule has 2 aliphatic heterocycles. The number of carbonyl (C=O) groups excluding carboxylic acids is 1. The van der Waals surface area contributed by atoms with Crippen LogP contribution in [0.4, 0.5) is 5.69 Å². The first-order chi connectivity index (χ1) is 8.08. The van der Waals surface area contributed by atoms with E-state index in [0.717, 1.165) is 26.2 Å². The second-order valence-corrected chi connectivity index (χ2v) is 5.57. The van der Waals surface area contributed by atoms with Crippen LogP contribution in [-0.2, 0) is 4.79 Å². The summed E-state index contributed by atoms with van der Waals surface area (Å²) in [5, 5.41) is 0. The highest BCUT2D eigenvalue weighted by Crippen LogP contribution is 2.41. The number of carbonyl (C=O) groups is 1. The molecule has 17 heavy (non-hydrogen) atoms. The molecule has 90 valence electrons. The number of aryl methyl sites for hydroxylation is 1. The monoisotopic (exact) mass is 230 g/mol. The fourth-order valence-corrected chi connectivity index (χ4v) is 2.89. The smallest absolute Gasteiger partial charge is 0.219 e. The van der Waals surface area contributed by atoms with Crippen molar-refractivity contribution in [2.75, 3.05) is 31.1 Å². The van der Waals surface area contributed by atoms with E-state index in [2.05, 4.69) is 36.1 Å². The number of benzene rings is 1. The van der Waals surface area contributed by atoms with Crippen LogP contribution in [0.2, 0.25) is 0 Å². The normalized spacial score (nSPS) is 21.1. The molecule has 1 spiro atoms. The highest BCUT2D eigenvalue weighted by molar-refractivity contribution is 5.74. The molecule has 0 atom stereocenters. The highest BCUT2D eigenvalue weighted by atomic mass is 16.2. The van der Waals surface area contributed by atoms with Crippen molar-refractivity contribution in [3.63, 3.8) is 0 Å². The van der Waals surface area contributed by atoms with E-state index in [1.165, 1.54) is 11.3 Å². The van der Waals surface area contributed by atoms with Crippen LogP contribution >= 0.6 is 0 Å². The summed E-state index contributed by atoms with van der Waals surface area (Å²) in [6.45, 7) is 7.86. The van der Waals surface area contributed by atoms with Crippen LogP contribution in [0.3, 0.4) is 0 Å². The summed E-state index contributed by atoms with van der Waals surface area (Å²) in [6.07, 6.45) is 0. The van der Waals surface area contributed by atoms with Crippen LogP contribution in [0.1, 0.15) is 12.5 Å². The molecule has 3 heteroatoms. The molecule has 2 heterocycles. The quantitative estimate of drug-likeness (QED) is 0.732. The van der Waals surface area contributed by atoms with E-state index in [1.54, 1.807) is 6.92 Å². The summed E-state index contributed by atoms with van der Waals surface area (Å²) in [5.74, 6) is 0.212. The topological polar surface area (TPSA) is 23.6 Å². The first kappa shape index (κ1) is 10.6. The summed E-state index contributed by atoms with van der Waals surface area (Å²) in [6, 6.07) is 8.68. The van der Waals surface area contributed by atoms with Crippen LogP contribution in [0.15, 0.2) is 24.3 Å². The van der Waals surface area contributed by atoms with Gasteiger partial charge in [0.1, 0.15) is 0 Å². The fraction of sp³-hybridized carbons (Fsp3) is 0.500. The summed E-state index contributed by atoms with van der Waals surface area (Å²) in [4.78, 5) is 15.5. The Morgan fingerprint density at radius 1 is 1.12 bits per heavy atom. The Labute approximate surface area is 102 Å². The van der Waals surface area contributed by atoms with Gasteiger partial charge in [0.2, 0.25) is 5.91 Å². The molecular formula is C14H18N2O. The SMILES string of the molecule is CC(=O)N1CC2(C1)CN(c1ccc(C)cc1)C2. The minimum absolute atomic E-state index is 0.212. The van der Waals surface area contributed by atoms with Crippen LogP contribution in [0.25, 0.3) is 0 Å². The van der Waals surface area contributed by atoms with E-state index in [4.69, 9.17) is 0 Å². The second kappa shape index (κ2) is 3.49. The van der Waals surface area contributed by atoms with Gasteiger partial charge in [-0.05, 0) is 19.1 Å². The van der Waals surface area contributed by atoms with Crippen molar-refractivity contribution in [3.05, 3.63) is 29.8 Å². The average molecular weight is 230 g/mol. The molecule has 1 amide bonds. The molecule has 3 rings (SSSR count). The maximum absolute atomic E-state index is 11.2. The number of hydrogen-bond donors (Lipinski definition) is 0. The largest absolute Gasteiger partial charge is 0.370 e. The van der Waals surface area contributed by atoms with Crippen molar-refractivity contribution in [1.29, 1.82) is 0 Å². The number of rotatable bonds is 1. The molecule has 0 saturated carbocycles. The number of likely N-dealkylation sites (tertiary alicyclic amines) is 1. The van der Waals surface area contributed by atoms with Gasteiger partial charge in [-0.15, -0.1) is 0 Å². The van der Waals surface area contributed by atoms with Gasteiger partial charge in [0.05, 0.1) is 0 Å². The van der Waals surface area contributed by atoms with Crippen molar-refractivity contribution in [2.45, 2.75) is 13.8 Å². The molecule has 2 fully saturated rings. The van der Waals surface area contributed by atoms with Crippen LogP contribution in [0, 0.1) is 12.3 Å². The van der Waals surface area contributed by atoms with Crippen molar-refractivity contribution >= 4 is 11.6 Å². The Morgan fingerprint density at radius 3 is 2.24 bits per heavy atom. The van der Waals surface area contributed by atoms with Crippen molar-refractivity contribution in [3.8, 4) is 0 Å². The molecular weight excluding hydrogens is 212 g/mol. The van der Waals surface area contributed by atoms with Crippen LogP contribution in [0.5, 0.6) is 0 Å². The van der Waals surface area contributed by atoms with E-state index in [1.807, 2.05) is 4.90 Å². The molecule has 1 aromatic rings. The van der Waals surface area contributed by atoms with Gasteiger partial charge in [-0.1, -0.05) is 17.7 Å². The Kier molecular flexibility index (Phi) is 2.18. The van der Waals surface area contributed by atoms with Gasteiger partial charge in [-0.25, -0.2) is 0 Å². The van der Waals surface area contributed by atoms with Gasteiger partial charge in [0.25, 0.3) is 0 Å². The van der Waals surface area contributed by atoms with Crippen LogP contribution < -0.4 is 4.90 Å². The first-order valence-electron chi connectivity index (χ1n) is 6.15. The molecule has 0 N–H and O–H groups in total. The zero-order valence-electron chi connectivity index (χ0n) is 10.4. The lowest BCUT2D eigenvalue weighted by molar-refractivity contribution is -0.142. The Balaban J connectivity index is 1.59. The minimum Gasteiger partial charge on any atom is -0.370 e. The van der Waals surface area contributed by atoms with Gasteiger partial charge in [0, 0.05) is 44.2 Å². The van der Waals surface area contributed by atoms with Crippen LogP contribution in [-0.4, -0.2) is 37.0 Å². The third kappa shape index (κ3) is 1.70. The van der Waals surface area contributed by atoms with E-state index in [0.29, 0.717) is 5.41 Å². The Morgan fingerprint density at radius 2 is 1.71 bits per heavy atom. The van der Waals surface area contributed by atoms with Gasteiger partial charge in [0.15, 0.2) is 0 Å². The molecule has 2 saturated heterocycles. The second-order valence-electron chi connectivity index (χ2n) is 5.57. The number of amides is 1. The third-order valence-corrected chi connectivity index (χ3v) is 3.95. The summed E-state index contributed by atoms with van der Waals surface area (Å²) in [5.41, 5.74) is 3.01. The lowest BCUT2D eigenvalue weighted by Gasteiger charge is -2.60. The Hall–Kier alpha value is -1.51.